The maximum absolute atomic E-state index is 10.3. The predicted molar refractivity (Wildman–Crippen MR) is 154 cm³/mol. The Morgan fingerprint density at radius 3 is 1.27 bits per heavy atom. The van der Waals surface area contributed by atoms with E-state index in [1.165, 1.54) is 40.5 Å². The Labute approximate surface area is 235 Å². The van der Waals surface area contributed by atoms with Crippen LogP contribution < -0.4 is 0 Å². The van der Waals surface area contributed by atoms with Crippen LogP contribution in [0.25, 0.3) is 0 Å². The molecule has 1 saturated heterocycles. The molecule has 0 spiro atoms. The van der Waals surface area contributed by atoms with Gasteiger partial charge in [-0.2, -0.15) is 0 Å². The molecule has 0 N–H and O–H groups in total. The van der Waals surface area contributed by atoms with Crippen molar-refractivity contribution in [2.75, 3.05) is 34.3 Å². The monoisotopic (exact) mass is 551 g/mol. The van der Waals surface area contributed by atoms with Gasteiger partial charge in [-0.05, 0) is 63.8 Å². The Morgan fingerprint density at radius 2 is 1.05 bits per heavy atom. The number of ether oxygens (including phenoxy) is 1. The maximum atomic E-state index is 10.3. The average molecular weight is 552 g/mol. The van der Waals surface area contributed by atoms with Crippen molar-refractivity contribution in [3.8, 4) is 0 Å². The minimum atomic E-state index is -0.153. The van der Waals surface area contributed by atoms with Gasteiger partial charge in [0.25, 0.3) is 0 Å². The van der Waals surface area contributed by atoms with Gasteiger partial charge in [-0.3, -0.25) is 4.79 Å². The van der Waals surface area contributed by atoms with Crippen molar-refractivity contribution in [2.24, 2.45) is 15.9 Å². The first kappa shape index (κ1) is 34.3. The van der Waals surface area contributed by atoms with Crippen LogP contribution in [-0.4, -0.2) is 61.7 Å². The first-order valence-electron chi connectivity index (χ1n) is 12.2. The number of rotatable bonds is 3. The molecule has 1 fully saturated rings. The number of methoxy groups -OCH3 is 1. The molecule has 1 aliphatic heterocycles. The third-order valence-corrected chi connectivity index (χ3v) is 6.07. The molecule has 1 aliphatic rings. The molecule has 37 heavy (non-hydrogen) atoms. The third-order valence-electron chi connectivity index (χ3n) is 6.07. The summed E-state index contributed by atoms with van der Waals surface area (Å²) in [5, 5.41) is 0. The number of nitrogens with zero attached hydrogens (tertiary/aromatic N) is 4. The number of carbonyl (C=O) groups excluding carboxylic acids is 1. The van der Waals surface area contributed by atoms with E-state index in [-0.39, 0.29) is 35.8 Å². The number of piperazine rings is 1. The molecule has 2 aromatic carbocycles. The van der Waals surface area contributed by atoms with Gasteiger partial charge in [-0.15, -0.1) is 0 Å². The fourth-order valence-corrected chi connectivity index (χ4v) is 4.27. The number of benzene rings is 2. The van der Waals surface area contributed by atoms with Crippen LogP contribution in [0.4, 0.5) is 11.4 Å². The van der Waals surface area contributed by atoms with E-state index in [0.29, 0.717) is 0 Å². The van der Waals surface area contributed by atoms with Gasteiger partial charge < -0.3 is 22.0 Å². The minimum absolute atomic E-state index is 0. The molecule has 1 heterocycles. The number of aliphatic imine (C=N–C) groups is 2. The molecule has 0 unspecified atom stereocenters. The summed E-state index contributed by atoms with van der Waals surface area (Å²) in [7, 11) is 5.60. The number of likely N-dealkylation sites (N-methyl/N-ethyl adjacent to an activating group) is 2. The van der Waals surface area contributed by atoms with Gasteiger partial charge >= 0.3 is 5.97 Å². The summed E-state index contributed by atoms with van der Waals surface area (Å²) in [5.41, 5.74) is 9.45. The molecular formula is C30H45N4NiO2-. The van der Waals surface area contributed by atoms with Gasteiger partial charge in [-0.25, -0.2) is 9.98 Å². The van der Waals surface area contributed by atoms with Crippen molar-refractivity contribution in [1.82, 2.24) is 9.80 Å². The Balaban J connectivity index is 0.00000127. The molecular weight excluding hydrogens is 507 g/mol. The largest absolute Gasteiger partial charge is 0.469 e. The Kier molecular flexibility index (Phi) is 13.9. The second-order valence-electron chi connectivity index (χ2n) is 9.89. The van der Waals surface area contributed by atoms with Crippen LogP contribution in [0.15, 0.2) is 34.3 Å². The van der Waals surface area contributed by atoms with Crippen molar-refractivity contribution < 1.29 is 26.0 Å². The number of amidine groups is 2. The zero-order valence-electron chi connectivity index (χ0n) is 24.7. The van der Waals surface area contributed by atoms with Crippen LogP contribution in [0.2, 0.25) is 0 Å². The predicted octanol–water partition coefficient (Wildman–Crippen LogP) is 6.44. The fourth-order valence-electron chi connectivity index (χ4n) is 4.27. The van der Waals surface area contributed by atoms with Crippen LogP contribution in [0, 0.1) is 54.9 Å². The molecule has 0 saturated carbocycles. The van der Waals surface area contributed by atoms with Crippen molar-refractivity contribution >= 4 is 29.0 Å². The van der Waals surface area contributed by atoms with Gasteiger partial charge in [0.1, 0.15) is 0 Å². The Morgan fingerprint density at radius 1 is 0.757 bits per heavy atom. The SMILES string of the molecule is COC(=O)C(C)C.Cc1cc(C)c(N=C2C(=Nc3c(C)cc(C)cc3C)N(C)CCN2C)c(C)c1.[CH3-].[Ni]. The van der Waals surface area contributed by atoms with E-state index in [1.807, 2.05) is 0 Å². The summed E-state index contributed by atoms with van der Waals surface area (Å²) in [4.78, 5) is 25.0. The molecule has 0 bridgehead atoms. The number of hydrogen-bond acceptors (Lipinski definition) is 4. The summed E-state index contributed by atoms with van der Waals surface area (Å²) in [6.45, 7) is 18.3. The Bertz CT molecular complexity index is 1010. The summed E-state index contributed by atoms with van der Waals surface area (Å²) in [6.07, 6.45) is 0. The van der Waals surface area contributed by atoms with Gasteiger partial charge in [0.05, 0.1) is 24.4 Å². The van der Waals surface area contributed by atoms with Gasteiger partial charge in [0, 0.05) is 43.7 Å². The number of aryl methyl sites for hydroxylation is 6. The van der Waals surface area contributed by atoms with E-state index in [2.05, 4.69) is 94.4 Å². The molecule has 208 valence electrons. The van der Waals surface area contributed by atoms with Crippen LogP contribution in [0.5, 0.6) is 0 Å². The molecule has 2 aromatic rings. The summed E-state index contributed by atoms with van der Waals surface area (Å²) in [5.74, 6) is 1.72. The summed E-state index contributed by atoms with van der Waals surface area (Å²) in [6, 6.07) is 8.79. The van der Waals surface area contributed by atoms with Crippen LogP contribution in [0.1, 0.15) is 47.2 Å². The van der Waals surface area contributed by atoms with Crippen molar-refractivity contribution in [3.05, 3.63) is 65.1 Å². The van der Waals surface area contributed by atoms with E-state index < -0.39 is 0 Å². The van der Waals surface area contributed by atoms with Gasteiger partial charge in [0.2, 0.25) is 0 Å². The van der Waals surface area contributed by atoms with E-state index in [1.54, 1.807) is 13.8 Å². The summed E-state index contributed by atoms with van der Waals surface area (Å²) >= 11 is 0. The Hall–Kier alpha value is -2.66. The van der Waals surface area contributed by atoms with E-state index >= 15 is 0 Å². The third kappa shape index (κ3) is 9.00. The molecule has 0 atom stereocenters. The number of hydrogen-bond donors (Lipinski definition) is 0. The zero-order chi connectivity index (χ0) is 26.4. The topological polar surface area (TPSA) is 57.5 Å². The maximum Gasteiger partial charge on any atom is 0.308 e. The normalized spacial score (nSPS) is 15.1. The van der Waals surface area contributed by atoms with Crippen LogP contribution in [-0.2, 0) is 26.0 Å². The average Bonchev–Trinajstić information content (AvgIpc) is 2.76. The van der Waals surface area contributed by atoms with E-state index in [9.17, 15) is 4.79 Å². The van der Waals surface area contributed by atoms with E-state index in [0.717, 1.165) is 36.1 Å². The van der Waals surface area contributed by atoms with Crippen molar-refractivity contribution in [3.63, 3.8) is 0 Å². The second kappa shape index (κ2) is 14.9. The van der Waals surface area contributed by atoms with E-state index in [4.69, 9.17) is 9.98 Å². The molecule has 0 radical (unpaired) electrons. The first-order chi connectivity index (χ1) is 16.3. The molecule has 7 heteroatoms. The molecule has 0 aromatic heterocycles. The standard InChI is InChI=1S/C24H32N4.C5H10O2.CH3.Ni/c1-15-11-17(3)21(18(4)12-15)25-23-24(28(8)10-9-27(23)7)26-22-19(5)13-16(2)14-20(22)6;1-4(2)5(6)7-3;;/h11-14H,9-10H2,1-8H3;4H,1-3H3;1H3;/q;;-1;. The number of esters is 1. The van der Waals surface area contributed by atoms with Crippen LogP contribution >= 0.6 is 0 Å². The zero-order valence-corrected chi connectivity index (χ0v) is 25.7. The quantitative estimate of drug-likeness (QED) is 0.250. The molecule has 0 aliphatic carbocycles. The fraction of sp³-hybridized carbons (Fsp3) is 0.467. The van der Waals surface area contributed by atoms with Crippen molar-refractivity contribution in [2.45, 2.75) is 55.4 Å². The van der Waals surface area contributed by atoms with Crippen molar-refractivity contribution in [1.29, 1.82) is 0 Å². The first-order valence-corrected chi connectivity index (χ1v) is 12.2. The number of carbonyl (C=O) groups is 1. The molecule has 3 rings (SSSR count). The minimum Gasteiger partial charge on any atom is -0.469 e. The second-order valence-corrected chi connectivity index (χ2v) is 9.89. The molecule has 6 nitrogen and oxygen atoms in total. The van der Waals surface area contributed by atoms with Gasteiger partial charge in [-0.1, -0.05) is 49.2 Å². The molecule has 0 amide bonds. The summed E-state index contributed by atoms with van der Waals surface area (Å²) < 4.78 is 4.37. The smallest absolute Gasteiger partial charge is 0.308 e. The van der Waals surface area contributed by atoms with Crippen LogP contribution in [0.3, 0.4) is 0 Å². The van der Waals surface area contributed by atoms with Gasteiger partial charge in [0.15, 0.2) is 11.7 Å².